The van der Waals surface area contributed by atoms with Gasteiger partial charge >= 0.3 is 0 Å². The van der Waals surface area contributed by atoms with Crippen molar-refractivity contribution in [2.75, 3.05) is 7.05 Å². The van der Waals surface area contributed by atoms with Gasteiger partial charge in [0.1, 0.15) is 0 Å². The van der Waals surface area contributed by atoms with Gasteiger partial charge in [-0.25, -0.2) is 0 Å². The minimum Gasteiger partial charge on any atom is -0.359 e. The molecular weight excluding hydrogens is 242 g/mol. The summed E-state index contributed by atoms with van der Waals surface area (Å²) in [6.45, 7) is 2.05. The van der Waals surface area contributed by atoms with E-state index < -0.39 is 0 Å². The van der Waals surface area contributed by atoms with Gasteiger partial charge in [0, 0.05) is 17.9 Å². The molecule has 0 radical (unpaired) electrons. The van der Waals surface area contributed by atoms with Crippen LogP contribution in [-0.4, -0.2) is 13.0 Å². The molecule has 1 rings (SSSR count). The summed E-state index contributed by atoms with van der Waals surface area (Å²) in [6, 6.07) is 8.07. The second-order valence-corrected chi connectivity index (χ2v) is 4.25. The van der Waals surface area contributed by atoms with Gasteiger partial charge in [-0.3, -0.25) is 4.79 Å². The fraction of sp³-hybridized carbons (Fsp3) is 0.364. The van der Waals surface area contributed by atoms with E-state index in [0.29, 0.717) is 6.42 Å². The zero-order valence-corrected chi connectivity index (χ0v) is 9.97. The Labute approximate surface area is 92.8 Å². The Morgan fingerprint density at radius 3 is 2.50 bits per heavy atom. The van der Waals surface area contributed by atoms with Crippen LogP contribution in [0.3, 0.4) is 0 Å². The summed E-state index contributed by atoms with van der Waals surface area (Å²) in [5.41, 5.74) is 1.19. The quantitative estimate of drug-likeness (QED) is 0.885. The van der Waals surface area contributed by atoms with Gasteiger partial charge in [0.15, 0.2) is 0 Å². The maximum absolute atomic E-state index is 11.1. The number of amides is 1. The van der Waals surface area contributed by atoms with Crippen LogP contribution in [0.5, 0.6) is 0 Å². The topological polar surface area (TPSA) is 29.1 Å². The monoisotopic (exact) mass is 255 g/mol. The average molecular weight is 256 g/mol. The van der Waals surface area contributed by atoms with Crippen molar-refractivity contribution >= 4 is 21.8 Å². The first-order valence-corrected chi connectivity index (χ1v) is 5.39. The zero-order chi connectivity index (χ0) is 10.6. The first-order chi connectivity index (χ1) is 6.63. The fourth-order valence-electron chi connectivity index (χ4n) is 1.29. The third-order valence-electron chi connectivity index (χ3n) is 2.21. The first kappa shape index (κ1) is 11.2. The summed E-state index contributed by atoms with van der Waals surface area (Å²) in [4.78, 5) is 11.1. The Morgan fingerprint density at radius 2 is 2.00 bits per heavy atom. The van der Waals surface area contributed by atoms with E-state index in [1.807, 2.05) is 24.3 Å². The van der Waals surface area contributed by atoms with Gasteiger partial charge in [0.2, 0.25) is 5.91 Å². The molecule has 0 aliphatic heterocycles. The van der Waals surface area contributed by atoms with Gasteiger partial charge in [-0.1, -0.05) is 35.0 Å². The summed E-state index contributed by atoms with van der Waals surface area (Å²) >= 11 is 3.38. The second kappa shape index (κ2) is 5.15. The van der Waals surface area contributed by atoms with Crippen molar-refractivity contribution in [3.05, 3.63) is 34.3 Å². The molecule has 1 N–H and O–H groups in total. The first-order valence-electron chi connectivity index (χ1n) is 4.59. The fourth-order valence-corrected chi connectivity index (χ4v) is 1.55. The molecule has 76 valence electrons. The summed E-state index contributed by atoms with van der Waals surface area (Å²) in [5.74, 6) is 0.350. The van der Waals surface area contributed by atoms with E-state index in [2.05, 4.69) is 28.2 Å². The molecule has 1 atom stereocenters. The Hall–Kier alpha value is -0.830. The molecular formula is C11H14BrNO. The van der Waals surface area contributed by atoms with Crippen molar-refractivity contribution in [3.63, 3.8) is 0 Å². The van der Waals surface area contributed by atoms with Crippen molar-refractivity contribution in [2.24, 2.45) is 0 Å². The van der Waals surface area contributed by atoms with Crippen molar-refractivity contribution in [1.29, 1.82) is 0 Å². The molecule has 1 amide bonds. The van der Waals surface area contributed by atoms with E-state index in [1.54, 1.807) is 7.05 Å². The van der Waals surface area contributed by atoms with Gasteiger partial charge in [-0.2, -0.15) is 0 Å². The van der Waals surface area contributed by atoms with E-state index >= 15 is 0 Å². The smallest absolute Gasteiger partial charge is 0.220 e. The van der Waals surface area contributed by atoms with Crippen molar-refractivity contribution < 1.29 is 4.79 Å². The highest BCUT2D eigenvalue weighted by Crippen LogP contribution is 2.20. The summed E-state index contributed by atoms with van der Waals surface area (Å²) in [5, 5.41) is 2.63. The molecule has 0 spiro atoms. The zero-order valence-electron chi connectivity index (χ0n) is 8.38. The van der Waals surface area contributed by atoms with Crippen LogP contribution in [0.2, 0.25) is 0 Å². The second-order valence-electron chi connectivity index (χ2n) is 3.33. The molecule has 2 nitrogen and oxygen atoms in total. The summed E-state index contributed by atoms with van der Waals surface area (Å²) in [7, 11) is 1.66. The van der Waals surface area contributed by atoms with Crippen LogP contribution in [0.25, 0.3) is 0 Å². The van der Waals surface area contributed by atoms with Gasteiger partial charge in [-0.05, 0) is 23.6 Å². The number of rotatable bonds is 3. The van der Waals surface area contributed by atoms with Crippen LogP contribution in [-0.2, 0) is 4.79 Å². The molecule has 0 aromatic heterocycles. The Bertz CT molecular complexity index is 308. The number of hydrogen-bond acceptors (Lipinski definition) is 1. The molecule has 0 aliphatic rings. The molecule has 14 heavy (non-hydrogen) atoms. The molecule has 1 unspecified atom stereocenters. The van der Waals surface area contributed by atoms with E-state index in [1.165, 1.54) is 5.56 Å². The lowest BCUT2D eigenvalue weighted by molar-refractivity contribution is -0.120. The van der Waals surface area contributed by atoms with Gasteiger partial charge < -0.3 is 5.32 Å². The summed E-state index contributed by atoms with van der Waals surface area (Å²) in [6.07, 6.45) is 0.540. The molecule has 0 saturated carbocycles. The minimum absolute atomic E-state index is 0.0837. The molecule has 0 aliphatic carbocycles. The SMILES string of the molecule is CNC(=O)CC(C)c1ccc(Br)cc1. The third kappa shape index (κ3) is 3.14. The largest absolute Gasteiger partial charge is 0.359 e. The van der Waals surface area contributed by atoms with Crippen LogP contribution in [0.15, 0.2) is 28.7 Å². The molecule has 0 fully saturated rings. The van der Waals surface area contributed by atoms with Crippen LogP contribution in [0.1, 0.15) is 24.8 Å². The lowest BCUT2D eigenvalue weighted by atomic mass is 9.98. The van der Waals surface area contributed by atoms with Gasteiger partial charge in [0.05, 0.1) is 0 Å². The Morgan fingerprint density at radius 1 is 1.43 bits per heavy atom. The van der Waals surface area contributed by atoms with Crippen molar-refractivity contribution in [1.82, 2.24) is 5.32 Å². The number of benzene rings is 1. The average Bonchev–Trinajstić information content (AvgIpc) is 2.18. The highest BCUT2D eigenvalue weighted by molar-refractivity contribution is 9.10. The molecule has 0 heterocycles. The molecule has 1 aromatic rings. The Balaban J connectivity index is 2.65. The normalized spacial score (nSPS) is 12.2. The number of carbonyl (C=O) groups is 1. The summed E-state index contributed by atoms with van der Waals surface area (Å²) < 4.78 is 1.06. The molecule has 0 saturated heterocycles. The predicted molar refractivity (Wildman–Crippen MR) is 61.2 cm³/mol. The highest BCUT2D eigenvalue weighted by atomic mass is 79.9. The maximum atomic E-state index is 11.1. The Kier molecular flexibility index (Phi) is 4.14. The van der Waals surface area contributed by atoms with Gasteiger partial charge in [0.25, 0.3) is 0 Å². The number of halogens is 1. The van der Waals surface area contributed by atoms with Crippen LogP contribution in [0, 0.1) is 0 Å². The van der Waals surface area contributed by atoms with Crippen LogP contribution in [0.4, 0.5) is 0 Å². The highest BCUT2D eigenvalue weighted by Gasteiger charge is 2.09. The standard InChI is InChI=1S/C11H14BrNO/c1-8(7-11(14)13-2)9-3-5-10(12)6-4-9/h3-6,8H,7H2,1-2H3,(H,13,14). The van der Waals surface area contributed by atoms with Crippen molar-refractivity contribution in [2.45, 2.75) is 19.3 Å². The van der Waals surface area contributed by atoms with Crippen LogP contribution < -0.4 is 5.32 Å². The number of carbonyl (C=O) groups excluding carboxylic acids is 1. The number of hydrogen-bond donors (Lipinski definition) is 1. The molecule has 0 bridgehead atoms. The minimum atomic E-state index is 0.0837. The maximum Gasteiger partial charge on any atom is 0.220 e. The molecule has 1 aromatic carbocycles. The van der Waals surface area contributed by atoms with Crippen LogP contribution >= 0.6 is 15.9 Å². The lowest BCUT2D eigenvalue weighted by Crippen LogP contribution is -2.19. The van der Waals surface area contributed by atoms with E-state index in [4.69, 9.17) is 0 Å². The van der Waals surface area contributed by atoms with E-state index in [9.17, 15) is 4.79 Å². The lowest BCUT2D eigenvalue weighted by Gasteiger charge is -2.10. The predicted octanol–water partition coefficient (Wildman–Crippen LogP) is 2.69. The third-order valence-corrected chi connectivity index (χ3v) is 2.74. The molecule has 3 heteroatoms. The number of nitrogens with one attached hydrogen (secondary N) is 1. The van der Waals surface area contributed by atoms with Gasteiger partial charge in [-0.15, -0.1) is 0 Å². The van der Waals surface area contributed by atoms with E-state index in [-0.39, 0.29) is 11.8 Å². The van der Waals surface area contributed by atoms with Crippen molar-refractivity contribution in [3.8, 4) is 0 Å². The van der Waals surface area contributed by atoms with E-state index in [0.717, 1.165) is 4.47 Å².